The maximum absolute atomic E-state index is 13.2. The molecule has 2 N–H and O–H groups in total. The lowest BCUT2D eigenvalue weighted by molar-refractivity contribution is 0.207. The van der Waals surface area contributed by atoms with Gasteiger partial charge < -0.3 is 10.5 Å². The highest BCUT2D eigenvalue weighted by Gasteiger charge is 2.13. The minimum absolute atomic E-state index is 0.268. The maximum Gasteiger partial charge on any atom is 0.165 e. The Morgan fingerprint density at radius 1 is 1.33 bits per heavy atom. The van der Waals surface area contributed by atoms with Crippen molar-refractivity contribution in [3.8, 4) is 5.75 Å². The highest BCUT2D eigenvalue weighted by molar-refractivity contribution is 5.23. The van der Waals surface area contributed by atoms with E-state index in [0.29, 0.717) is 24.8 Å². The van der Waals surface area contributed by atoms with Gasteiger partial charge >= 0.3 is 0 Å². The smallest absolute Gasteiger partial charge is 0.165 e. The van der Waals surface area contributed by atoms with E-state index in [-0.39, 0.29) is 11.7 Å². The lowest BCUT2D eigenvalue weighted by Gasteiger charge is -2.19. The molecule has 0 aromatic heterocycles. The highest BCUT2D eigenvalue weighted by atomic mass is 19.1. The Hall–Kier alpha value is -1.09. The summed E-state index contributed by atoms with van der Waals surface area (Å²) in [6, 6.07) is 6.42. The Bertz CT molecular complexity index is 301. The van der Waals surface area contributed by atoms with Gasteiger partial charge in [-0.2, -0.15) is 0 Å². The third-order valence-corrected chi connectivity index (χ3v) is 2.54. The van der Waals surface area contributed by atoms with Crippen LogP contribution in [0.4, 0.5) is 4.39 Å². The molecule has 0 aliphatic carbocycles. The van der Waals surface area contributed by atoms with E-state index in [2.05, 4.69) is 13.8 Å². The van der Waals surface area contributed by atoms with E-state index in [1.807, 2.05) is 0 Å². The summed E-state index contributed by atoms with van der Waals surface area (Å²) in [4.78, 5) is 0. The predicted octanol–water partition coefficient (Wildman–Crippen LogP) is 2.44. The number of ether oxygens (including phenoxy) is 1. The molecule has 0 spiro atoms. The average molecular weight is 211 g/mol. The van der Waals surface area contributed by atoms with Gasteiger partial charge in [0, 0.05) is 5.92 Å². The van der Waals surface area contributed by atoms with Crippen LogP contribution >= 0.6 is 0 Å². The van der Waals surface area contributed by atoms with Gasteiger partial charge in [0.1, 0.15) is 0 Å². The molecule has 0 fully saturated rings. The lowest BCUT2D eigenvalue weighted by atomic mass is 9.97. The second-order valence-electron chi connectivity index (χ2n) is 3.98. The Morgan fingerprint density at radius 2 is 2.00 bits per heavy atom. The Kier molecular flexibility index (Phi) is 4.56. The molecule has 15 heavy (non-hydrogen) atoms. The van der Waals surface area contributed by atoms with E-state index < -0.39 is 0 Å². The van der Waals surface area contributed by atoms with Gasteiger partial charge in [0.25, 0.3) is 0 Å². The Morgan fingerprint density at radius 3 is 2.53 bits per heavy atom. The van der Waals surface area contributed by atoms with Crippen molar-refractivity contribution >= 4 is 0 Å². The maximum atomic E-state index is 13.2. The number of rotatable bonds is 5. The minimum atomic E-state index is -0.322. The molecular weight excluding hydrogens is 193 g/mol. The zero-order chi connectivity index (χ0) is 11.3. The van der Waals surface area contributed by atoms with Crippen LogP contribution < -0.4 is 10.5 Å². The van der Waals surface area contributed by atoms with Crippen LogP contribution in [0, 0.1) is 17.7 Å². The second-order valence-corrected chi connectivity index (χ2v) is 3.98. The monoisotopic (exact) mass is 211 g/mol. The summed E-state index contributed by atoms with van der Waals surface area (Å²) in [6.45, 7) is 5.20. The van der Waals surface area contributed by atoms with Gasteiger partial charge in [-0.25, -0.2) is 4.39 Å². The van der Waals surface area contributed by atoms with Crippen LogP contribution in [-0.4, -0.2) is 13.2 Å². The molecule has 0 aliphatic rings. The Balaban J connectivity index is 2.53. The molecule has 0 saturated heterocycles. The standard InChI is InChI=1S/C12H18FNO/c1-9(2)10(7-14)8-15-12-6-4-3-5-11(12)13/h3-6,9-10H,7-8,14H2,1-2H3. The molecule has 0 aliphatic heterocycles. The third kappa shape index (κ3) is 3.51. The average Bonchev–Trinajstić information content (AvgIpc) is 2.21. The molecule has 0 amide bonds. The molecule has 0 radical (unpaired) electrons. The Labute approximate surface area is 90.2 Å². The minimum Gasteiger partial charge on any atom is -0.490 e. The number of benzene rings is 1. The van der Waals surface area contributed by atoms with Crippen LogP contribution in [0.1, 0.15) is 13.8 Å². The molecule has 1 aromatic carbocycles. The summed E-state index contributed by atoms with van der Waals surface area (Å²) < 4.78 is 18.6. The van der Waals surface area contributed by atoms with E-state index in [1.165, 1.54) is 6.07 Å². The summed E-state index contributed by atoms with van der Waals surface area (Å²) in [6.07, 6.45) is 0. The van der Waals surface area contributed by atoms with Gasteiger partial charge in [-0.1, -0.05) is 26.0 Å². The predicted molar refractivity (Wildman–Crippen MR) is 59.3 cm³/mol. The fourth-order valence-corrected chi connectivity index (χ4v) is 1.29. The summed E-state index contributed by atoms with van der Waals surface area (Å²) in [7, 11) is 0. The molecule has 3 heteroatoms. The van der Waals surface area contributed by atoms with Crippen molar-refractivity contribution in [2.45, 2.75) is 13.8 Å². The summed E-state index contributed by atoms with van der Waals surface area (Å²) in [5.41, 5.74) is 5.60. The van der Waals surface area contributed by atoms with Crippen LogP contribution in [0.15, 0.2) is 24.3 Å². The molecule has 84 valence electrons. The lowest BCUT2D eigenvalue weighted by Crippen LogP contribution is -2.26. The number of halogens is 1. The second kappa shape index (κ2) is 5.71. The first kappa shape index (κ1) is 12.0. The van der Waals surface area contributed by atoms with Gasteiger partial charge in [-0.05, 0) is 24.6 Å². The fourth-order valence-electron chi connectivity index (χ4n) is 1.29. The van der Waals surface area contributed by atoms with E-state index in [4.69, 9.17) is 10.5 Å². The molecule has 0 bridgehead atoms. The molecule has 1 rings (SSSR count). The van der Waals surface area contributed by atoms with Crippen molar-refractivity contribution < 1.29 is 9.13 Å². The first-order chi connectivity index (χ1) is 7.15. The molecule has 0 saturated carbocycles. The summed E-state index contributed by atoms with van der Waals surface area (Å²) in [5, 5.41) is 0. The molecule has 1 aromatic rings. The van der Waals surface area contributed by atoms with Crippen LogP contribution in [0.3, 0.4) is 0 Å². The van der Waals surface area contributed by atoms with E-state index >= 15 is 0 Å². The van der Waals surface area contributed by atoms with Crippen molar-refractivity contribution in [2.24, 2.45) is 17.6 Å². The first-order valence-corrected chi connectivity index (χ1v) is 5.22. The molecular formula is C12H18FNO. The van der Waals surface area contributed by atoms with Crippen LogP contribution in [-0.2, 0) is 0 Å². The van der Waals surface area contributed by atoms with Crippen LogP contribution in [0.5, 0.6) is 5.75 Å². The van der Waals surface area contributed by atoms with E-state index in [1.54, 1.807) is 18.2 Å². The van der Waals surface area contributed by atoms with Crippen molar-refractivity contribution in [3.05, 3.63) is 30.1 Å². The normalized spacial score (nSPS) is 12.9. The van der Waals surface area contributed by atoms with Crippen molar-refractivity contribution in [3.63, 3.8) is 0 Å². The molecule has 1 atom stereocenters. The zero-order valence-electron chi connectivity index (χ0n) is 9.24. The van der Waals surface area contributed by atoms with Gasteiger partial charge in [0.15, 0.2) is 11.6 Å². The highest BCUT2D eigenvalue weighted by Crippen LogP contribution is 2.18. The molecule has 0 heterocycles. The number of hydrogen-bond acceptors (Lipinski definition) is 2. The number of nitrogens with two attached hydrogens (primary N) is 1. The number of para-hydroxylation sites is 1. The first-order valence-electron chi connectivity index (χ1n) is 5.22. The van der Waals surface area contributed by atoms with Crippen LogP contribution in [0.25, 0.3) is 0 Å². The van der Waals surface area contributed by atoms with Gasteiger partial charge in [-0.3, -0.25) is 0 Å². The quantitative estimate of drug-likeness (QED) is 0.811. The van der Waals surface area contributed by atoms with Crippen LogP contribution in [0.2, 0.25) is 0 Å². The zero-order valence-corrected chi connectivity index (χ0v) is 9.24. The number of hydrogen-bond donors (Lipinski definition) is 1. The van der Waals surface area contributed by atoms with Crippen molar-refractivity contribution in [2.75, 3.05) is 13.2 Å². The summed E-state index contributed by atoms with van der Waals surface area (Å²) >= 11 is 0. The van der Waals surface area contributed by atoms with E-state index in [9.17, 15) is 4.39 Å². The van der Waals surface area contributed by atoms with Gasteiger partial charge in [0.2, 0.25) is 0 Å². The van der Waals surface area contributed by atoms with Gasteiger partial charge in [-0.15, -0.1) is 0 Å². The fraction of sp³-hybridized carbons (Fsp3) is 0.500. The van der Waals surface area contributed by atoms with E-state index in [0.717, 1.165) is 0 Å². The molecule has 1 unspecified atom stereocenters. The van der Waals surface area contributed by atoms with Crippen molar-refractivity contribution in [1.29, 1.82) is 0 Å². The van der Waals surface area contributed by atoms with Crippen molar-refractivity contribution in [1.82, 2.24) is 0 Å². The molecule has 2 nitrogen and oxygen atoms in total. The summed E-state index contributed by atoms with van der Waals surface area (Å²) in [5.74, 6) is 0.694. The topological polar surface area (TPSA) is 35.2 Å². The SMILES string of the molecule is CC(C)C(CN)COc1ccccc1F. The van der Waals surface area contributed by atoms with Gasteiger partial charge in [0.05, 0.1) is 6.61 Å². The third-order valence-electron chi connectivity index (χ3n) is 2.54. The largest absolute Gasteiger partial charge is 0.490 e.